The Morgan fingerprint density at radius 2 is 1.32 bits per heavy atom. The van der Waals surface area contributed by atoms with Gasteiger partial charge in [-0.3, -0.25) is 0 Å². The van der Waals surface area contributed by atoms with Crippen LogP contribution in [0, 0.1) is 0 Å². The van der Waals surface area contributed by atoms with E-state index in [0.29, 0.717) is 6.42 Å². The molecule has 0 saturated heterocycles. The van der Waals surface area contributed by atoms with Crippen LogP contribution in [0.15, 0.2) is 12.2 Å². The van der Waals surface area contributed by atoms with E-state index in [1.807, 2.05) is 0 Å². The van der Waals surface area contributed by atoms with Gasteiger partial charge in [0.05, 0.1) is 7.11 Å². The van der Waals surface area contributed by atoms with Crippen molar-refractivity contribution in [2.45, 2.75) is 77.6 Å². The summed E-state index contributed by atoms with van der Waals surface area (Å²) in [6, 6.07) is 0. The van der Waals surface area contributed by atoms with Crippen LogP contribution in [0.5, 0.6) is 0 Å². The molecule has 0 aromatic rings. The molecular formula is C18H32O6Si. The third-order valence-corrected chi connectivity index (χ3v) is 10.4. The molecule has 6 nitrogen and oxygen atoms in total. The predicted octanol–water partition coefficient (Wildman–Crippen LogP) is 3.76. The van der Waals surface area contributed by atoms with Gasteiger partial charge in [0, 0.05) is 12.2 Å². The molecule has 1 unspecified atom stereocenters. The van der Waals surface area contributed by atoms with Crippen LogP contribution in [0.4, 0.5) is 0 Å². The van der Waals surface area contributed by atoms with Crippen molar-refractivity contribution < 1.29 is 28.3 Å². The van der Waals surface area contributed by atoms with Crippen LogP contribution in [-0.4, -0.2) is 39.4 Å². The number of esters is 2. The molecule has 0 rings (SSSR count). The van der Waals surface area contributed by atoms with Gasteiger partial charge in [0.1, 0.15) is 0 Å². The van der Waals surface area contributed by atoms with Gasteiger partial charge in [-0.1, -0.05) is 48.5 Å². The maximum Gasteiger partial charge on any atom is 0.334 e. The number of hydrogen-bond acceptors (Lipinski definition) is 6. The van der Waals surface area contributed by atoms with Crippen LogP contribution in [0.2, 0.25) is 16.6 Å². The van der Waals surface area contributed by atoms with Gasteiger partial charge in [-0.25, -0.2) is 14.4 Å². The van der Waals surface area contributed by atoms with Gasteiger partial charge in [-0.2, -0.15) is 0 Å². The molecule has 0 heterocycles. The van der Waals surface area contributed by atoms with Crippen molar-refractivity contribution in [1.29, 1.82) is 0 Å². The van der Waals surface area contributed by atoms with E-state index >= 15 is 0 Å². The monoisotopic (exact) mass is 372 g/mol. The molecule has 0 spiro atoms. The van der Waals surface area contributed by atoms with Crippen molar-refractivity contribution in [3.8, 4) is 0 Å². The van der Waals surface area contributed by atoms with Crippen LogP contribution in [-0.2, 0) is 28.3 Å². The van der Waals surface area contributed by atoms with Crippen molar-refractivity contribution >= 4 is 26.2 Å². The molecule has 0 aromatic heterocycles. The second-order valence-electron chi connectivity index (χ2n) is 6.93. The first kappa shape index (κ1) is 23.4. The third-order valence-electron chi connectivity index (χ3n) is 4.43. The molecule has 25 heavy (non-hydrogen) atoms. The highest BCUT2D eigenvalue weighted by Crippen LogP contribution is 2.42. The fourth-order valence-electron chi connectivity index (χ4n) is 3.28. The number of rotatable bonds is 9. The summed E-state index contributed by atoms with van der Waals surface area (Å²) in [5.41, 5.74) is 0.719. The van der Waals surface area contributed by atoms with E-state index in [9.17, 15) is 14.4 Å². The first-order chi connectivity index (χ1) is 11.5. The average molecular weight is 373 g/mol. The normalized spacial score (nSPS) is 13.4. The Balaban J connectivity index is 5.23. The van der Waals surface area contributed by atoms with Crippen LogP contribution in [0.3, 0.4) is 0 Å². The zero-order valence-corrected chi connectivity index (χ0v) is 17.6. The second-order valence-corrected chi connectivity index (χ2v) is 12.3. The van der Waals surface area contributed by atoms with Crippen molar-refractivity contribution in [2.24, 2.45) is 0 Å². The Bertz CT molecular complexity index is 474. The lowest BCUT2D eigenvalue weighted by molar-refractivity contribution is -0.159. The van der Waals surface area contributed by atoms with E-state index in [1.165, 1.54) is 7.11 Å². The average Bonchev–Trinajstić information content (AvgIpc) is 2.53. The molecular weight excluding hydrogens is 340 g/mol. The first-order valence-electron chi connectivity index (χ1n) is 8.72. The fourth-order valence-corrected chi connectivity index (χ4v) is 8.46. The highest BCUT2D eigenvalue weighted by Gasteiger charge is 2.49. The quantitative estimate of drug-likeness (QED) is 0.348. The third kappa shape index (κ3) is 6.30. The summed E-state index contributed by atoms with van der Waals surface area (Å²) in [6.07, 6.45) is 1.21. The zero-order valence-electron chi connectivity index (χ0n) is 16.6. The van der Waals surface area contributed by atoms with Crippen LogP contribution < -0.4 is 0 Å². The molecule has 0 radical (unpaired) electrons. The van der Waals surface area contributed by atoms with Gasteiger partial charge < -0.3 is 13.9 Å². The first-order valence-corrected chi connectivity index (χ1v) is 10.9. The Kier molecular flexibility index (Phi) is 9.70. The Morgan fingerprint density at radius 1 is 0.880 bits per heavy atom. The van der Waals surface area contributed by atoms with Crippen LogP contribution >= 0.6 is 0 Å². The molecule has 0 N–H and O–H groups in total. The van der Waals surface area contributed by atoms with E-state index in [1.54, 1.807) is 6.92 Å². The van der Waals surface area contributed by atoms with Crippen LogP contribution in [0.25, 0.3) is 0 Å². The number of carbonyl (C=O) groups excluding carboxylic acids is 3. The van der Waals surface area contributed by atoms with Gasteiger partial charge >= 0.3 is 17.9 Å². The topological polar surface area (TPSA) is 78.9 Å². The van der Waals surface area contributed by atoms with Gasteiger partial charge in [-0.15, -0.1) is 0 Å². The minimum absolute atomic E-state index is 0.240. The van der Waals surface area contributed by atoms with E-state index in [0.717, 1.165) is 12.2 Å². The summed E-state index contributed by atoms with van der Waals surface area (Å²) < 4.78 is 15.6. The van der Waals surface area contributed by atoms with Crippen molar-refractivity contribution in [2.75, 3.05) is 7.11 Å². The highest BCUT2D eigenvalue weighted by molar-refractivity contribution is 6.79. The SMILES string of the molecule is CCC(OC(=O)C=CC(=O)OC)C(=O)O[Si](C(C)C)(C(C)C)C(C)C. The van der Waals surface area contributed by atoms with E-state index in [4.69, 9.17) is 9.16 Å². The number of hydrogen-bond donors (Lipinski definition) is 0. The summed E-state index contributed by atoms with van der Waals surface area (Å²) in [5.74, 6) is -1.95. The zero-order chi connectivity index (χ0) is 19.8. The number of carbonyl (C=O) groups is 3. The lowest BCUT2D eigenvalue weighted by Gasteiger charge is -2.41. The van der Waals surface area contributed by atoms with Gasteiger partial charge in [0.25, 0.3) is 8.32 Å². The van der Waals surface area contributed by atoms with E-state index in [-0.39, 0.29) is 16.6 Å². The van der Waals surface area contributed by atoms with E-state index < -0.39 is 32.3 Å². The lowest BCUT2D eigenvalue weighted by Crippen LogP contribution is -2.51. The Morgan fingerprint density at radius 3 is 1.68 bits per heavy atom. The van der Waals surface area contributed by atoms with Crippen molar-refractivity contribution in [3.63, 3.8) is 0 Å². The molecule has 0 bridgehead atoms. The summed E-state index contributed by atoms with van der Waals surface area (Å²) in [4.78, 5) is 35.5. The second kappa shape index (κ2) is 10.4. The minimum Gasteiger partial charge on any atom is -0.516 e. The van der Waals surface area contributed by atoms with Gasteiger partial charge in [0.15, 0.2) is 6.10 Å². The van der Waals surface area contributed by atoms with Crippen molar-refractivity contribution in [1.82, 2.24) is 0 Å². The van der Waals surface area contributed by atoms with Gasteiger partial charge in [-0.05, 0) is 23.0 Å². The summed E-state index contributed by atoms with van der Waals surface area (Å²) in [6.45, 7) is 14.2. The molecule has 0 aliphatic rings. The Hall–Kier alpha value is -1.63. The molecule has 0 aliphatic heterocycles. The summed E-state index contributed by atoms with van der Waals surface area (Å²) in [5, 5.41) is 0. The maximum atomic E-state index is 12.7. The smallest absolute Gasteiger partial charge is 0.334 e. The Labute approximate surface area is 152 Å². The standard InChI is InChI=1S/C18H32O6Si/c1-9-15(23-17(20)11-10-16(19)22-8)18(21)24-25(12(2)3,13(4)5)14(6)7/h10-15H,9H2,1-8H3. The highest BCUT2D eigenvalue weighted by atomic mass is 28.4. The number of ether oxygens (including phenoxy) is 2. The largest absolute Gasteiger partial charge is 0.516 e. The van der Waals surface area contributed by atoms with Gasteiger partial charge in [0.2, 0.25) is 0 Å². The van der Waals surface area contributed by atoms with Crippen LogP contribution in [0.1, 0.15) is 54.9 Å². The molecule has 0 fully saturated rings. The molecule has 0 saturated carbocycles. The summed E-state index contributed by atoms with van der Waals surface area (Å²) >= 11 is 0. The molecule has 0 aliphatic carbocycles. The molecule has 1 atom stereocenters. The summed E-state index contributed by atoms with van der Waals surface area (Å²) in [7, 11) is -1.19. The lowest BCUT2D eigenvalue weighted by atomic mass is 10.3. The minimum atomic E-state index is -2.40. The molecule has 144 valence electrons. The van der Waals surface area contributed by atoms with E-state index in [2.05, 4.69) is 46.3 Å². The fraction of sp³-hybridized carbons (Fsp3) is 0.722. The predicted molar refractivity (Wildman–Crippen MR) is 98.5 cm³/mol. The number of methoxy groups -OCH3 is 1. The molecule has 0 aromatic carbocycles. The molecule has 0 amide bonds. The molecule has 7 heteroatoms. The van der Waals surface area contributed by atoms with Crippen molar-refractivity contribution in [3.05, 3.63) is 12.2 Å². The maximum absolute atomic E-state index is 12.7.